The molecular weight excluding hydrogens is 228 g/mol. The molecule has 0 radical (unpaired) electrons. The van der Waals surface area contributed by atoms with Crippen LogP contribution < -0.4 is 4.74 Å². The number of esters is 1. The van der Waals surface area contributed by atoms with Gasteiger partial charge in [0.25, 0.3) is 0 Å². The molecule has 1 rings (SSSR count). The zero-order valence-electron chi connectivity index (χ0n) is 10.8. The van der Waals surface area contributed by atoms with Gasteiger partial charge in [-0.05, 0) is 31.0 Å². The zero-order valence-corrected chi connectivity index (χ0v) is 10.8. The molecule has 0 amide bonds. The second-order valence-corrected chi connectivity index (χ2v) is 3.70. The number of rotatable bonds is 6. The lowest BCUT2D eigenvalue weighted by atomic mass is 10.1. The van der Waals surface area contributed by atoms with Crippen LogP contribution in [0.25, 0.3) is 6.08 Å². The van der Waals surface area contributed by atoms with E-state index in [1.54, 1.807) is 14.0 Å². The van der Waals surface area contributed by atoms with Gasteiger partial charge in [0.05, 0.1) is 13.7 Å². The standard InChI is InChI=1S/C15H18O3/c1-4-18-15(16)12(2)6-5-7-13-8-10-14(17-3)11-9-13/h5,7-11H,2,4,6H2,1,3H3/b7-5+. The first kappa shape index (κ1) is 14.0. The van der Waals surface area contributed by atoms with Gasteiger partial charge in [0.15, 0.2) is 0 Å². The van der Waals surface area contributed by atoms with Crippen molar-refractivity contribution in [3.63, 3.8) is 0 Å². The smallest absolute Gasteiger partial charge is 0.333 e. The van der Waals surface area contributed by atoms with Crippen molar-refractivity contribution in [2.45, 2.75) is 13.3 Å². The summed E-state index contributed by atoms with van der Waals surface area (Å²) in [5.41, 5.74) is 1.51. The highest BCUT2D eigenvalue weighted by Crippen LogP contribution is 2.13. The lowest BCUT2D eigenvalue weighted by molar-refractivity contribution is -0.138. The molecule has 0 spiro atoms. The zero-order chi connectivity index (χ0) is 13.4. The summed E-state index contributed by atoms with van der Waals surface area (Å²) >= 11 is 0. The Labute approximate surface area is 108 Å². The Balaban J connectivity index is 2.49. The predicted octanol–water partition coefficient (Wildman–Crippen LogP) is 3.22. The van der Waals surface area contributed by atoms with E-state index in [9.17, 15) is 4.79 Å². The molecular formula is C15H18O3. The van der Waals surface area contributed by atoms with E-state index in [0.717, 1.165) is 11.3 Å². The van der Waals surface area contributed by atoms with Crippen molar-refractivity contribution in [3.8, 4) is 5.75 Å². The third-order valence-corrected chi connectivity index (χ3v) is 2.35. The van der Waals surface area contributed by atoms with Crippen LogP contribution in [0.15, 0.2) is 42.5 Å². The van der Waals surface area contributed by atoms with Crippen molar-refractivity contribution in [2.75, 3.05) is 13.7 Å². The van der Waals surface area contributed by atoms with Crippen LogP contribution >= 0.6 is 0 Å². The van der Waals surface area contributed by atoms with E-state index in [4.69, 9.17) is 9.47 Å². The maximum atomic E-state index is 11.3. The van der Waals surface area contributed by atoms with Crippen molar-refractivity contribution in [2.24, 2.45) is 0 Å². The summed E-state index contributed by atoms with van der Waals surface area (Å²) in [7, 11) is 1.63. The Bertz CT molecular complexity index is 430. The number of allylic oxidation sites excluding steroid dienone is 1. The fourth-order valence-corrected chi connectivity index (χ4v) is 1.37. The highest BCUT2D eigenvalue weighted by molar-refractivity contribution is 5.88. The number of ether oxygens (including phenoxy) is 2. The van der Waals surface area contributed by atoms with Crippen LogP contribution in [0.2, 0.25) is 0 Å². The quantitative estimate of drug-likeness (QED) is 0.571. The largest absolute Gasteiger partial charge is 0.497 e. The molecule has 1 aromatic carbocycles. The molecule has 0 aliphatic heterocycles. The van der Waals surface area contributed by atoms with Crippen molar-refractivity contribution in [1.82, 2.24) is 0 Å². The molecule has 18 heavy (non-hydrogen) atoms. The van der Waals surface area contributed by atoms with E-state index in [1.807, 2.05) is 36.4 Å². The van der Waals surface area contributed by atoms with Gasteiger partial charge in [-0.1, -0.05) is 30.9 Å². The van der Waals surface area contributed by atoms with Gasteiger partial charge in [0.1, 0.15) is 5.75 Å². The van der Waals surface area contributed by atoms with Crippen LogP contribution in [0, 0.1) is 0 Å². The minimum Gasteiger partial charge on any atom is -0.497 e. The SMILES string of the molecule is C=C(C/C=C/c1ccc(OC)cc1)C(=O)OCC. The van der Waals surface area contributed by atoms with Gasteiger partial charge in [0.2, 0.25) is 0 Å². The minimum absolute atomic E-state index is 0.336. The molecule has 0 aromatic heterocycles. The fourth-order valence-electron chi connectivity index (χ4n) is 1.37. The molecule has 0 saturated heterocycles. The van der Waals surface area contributed by atoms with Gasteiger partial charge in [-0.15, -0.1) is 0 Å². The summed E-state index contributed by atoms with van der Waals surface area (Å²) in [4.78, 5) is 11.3. The van der Waals surface area contributed by atoms with E-state index in [1.165, 1.54) is 0 Å². The summed E-state index contributed by atoms with van der Waals surface area (Å²) < 4.78 is 9.92. The fraction of sp³-hybridized carbons (Fsp3) is 0.267. The van der Waals surface area contributed by atoms with Crippen molar-refractivity contribution in [3.05, 3.63) is 48.1 Å². The molecule has 96 valence electrons. The van der Waals surface area contributed by atoms with E-state index in [-0.39, 0.29) is 5.97 Å². The number of hydrogen-bond donors (Lipinski definition) is 0. The van der Waals surface area contributed by atoms with E-state index in [2.05, 4.69) is 6.58 Å². The van der Waals surface area contributed by atoms with Gasteiger partial charge in [-0.3, -0.25) is 0 Å². The molecule has 0 aliphatic carbocycles. The Morgan fingerprint density at radius 3 is 2.56 bits per heavy atom. The van der Waals surface area contributed by atoms with Crippen molar-refractivity contribution in [1.29, 1.82) is 0 Å². The van der Waals surface area contributed by atoms with Gasteiger partial charge in [-0.2, -0.15) is 0 Å². The second-order valence-electron chi connectivity index (χ2n) is 3.70. The first-order valence-electron chi connectivity index (χ1n) is 5.83. The van der Waals surface area contributed by atoms with E-state index < -0.39 is 0 Å². The van der Waals surface area contributed by atoms with E-state index in [0.29, 0.717) is 18.6 Å². The number of methoxy groups -OCH3 is 1. The summed E-state index contributed by atoms with van der Waals surface area (Å²) in [6, 6.07) is 7.67. The number of carbonyl (C=O) groups excluding carboxylic acids is 1. The maximum Gasteiger partial charge on any atom is 0.333 e. The molecule has 0 fully saturated rings. The van der Waals surface area contributed by atoms with Crippen molar-refractivity contribution >= 4 is 12.0 Å². The molecule has 0 unspecified atom stereocenters. The summed E-state index contributed by atoms with van der Waals surface area (Å²) in [6.45, 7) is 5.84. The highest BCUT2D eigenvalue weighted by Gasteiger charge is 2.04. The first-order valence-corrected chi connectivity index (χ1v) is 5.83. The Kier molecular flexibility index (Phi) is 5.71. The van der Waals surface area contributed by atoms with E-state index >= 15 is 0 Å². The first-order chi connectivity index (χ1) is 8.67. The van der Waals surface area contributed by atoms with Crippen LogP contribution in [0.5, 0.6) is 5.75 Å². The third-order valence-electron chi connectivity index (χ3n) is 2.35. The maximum absolute atomic E-state index is 11.3. The molecule has 0 N–H and O–H groups in total. The number of carbonyl (C=O) groups is 1. The highest BCUT2D eigenvalue weighted by atomic mass is 16.5. The average molecular weight is 246 g/mol. The third kappa shape index (κ3) is 4.45. The van der Waals surface area contributed by atoms with Crippen LogP contribution in [0.4, 0.5) is 0 Å². The Morgan fingerprint density at radius 1 is 1.33 bits per heavy atom. The lowest BCUT2D eigenvalue weighted by Gasteiger charge is -2.02. The van der Waals surface area contributed by atoms with Gasteiger partial charge >= 0.3 is 5.97 Å². The molecule has 1 aromatic rings. The van der Waals surface area contributed by atoms with Gasteiger partial charge in [0, 0.05) is 5.57 Å². The molecule has 0 bridgehead atoms. The van der Waals surface area contributed by atoms with Gasteiger partial charge < -0.3 is 9.47 Å². The number of hydrogen-bond acceptors (Lipinski definition) is 3. The topological polar surface area (TPSA) is 35.5 Å². The number of benzene rings is 1. The summed E-state index contributed by atoms with van der Waals surface area (Å²) in [5.74, 6) is 0.486. The molecule has 0 atom stereocenters. The van der Waals surface area contributed by atoms with Crippen LogP contribution in [-0.4, -0.2) is 19.7 Å². The Morgan fingerprint density at radius 2 is 2.00 bits per heavy atom. The predicted molar refractivity (Wildman–Crippen MR) is 72.4 cm³/mol. The molecule has 0 saturated carbocycles. The van der Waals surface area contributed by atoms with Gasteiger partial charge in [-0.25, -0.2) is 4.79 Å². The monoisotopic (exact) mass is 246 g/mol. The lowest BCUT2D eigenvalue weighted by Crippen LogP contribution is -2.05. The van der Waals surface area contributed by atoms with Crippen LogP contribution in [-0.2, 0) is 9.53 Å². The minimum atomic E-state index is -0.336. The average Bonchev–Trinajstić information content (AvgIpc) is 2.39. The molecule has 0 aliphatic rings. The van der Waals surface area contributed by atoms with Crippen LogP contribution in [0.1, 0.15) is 18.9 Å². The second kappa shape index (κ2) is 7.33. The van der Waals surface area contributed by atoms with Crippen LogP contribution in [0.3, 0.4) is 0 Å². The molecule has 3 heteroatoms. The Hall–Kier alpha value is -2.03. The molecule has 3 nitrogen and oxygen atoms in total. The summed E-state index contributed by atoms with van der Waals surface area (Å²) in [5, 5.41) is 0. The van der Waals surface area contributed by atoms with Crippen molar-refractivity contribution < 1.29 is 14.3 Å². The molecule has 0 heterocycles. The summed E-state index contributed by atoms with van der Waals surface area (Å²) in [6.07, 6.45) is 4.32. The normalized spacial score (nSPS) is 10.3.